The smallest absolute Gasteiger partial charge is 0.441 e. The van der Waals surface area contributed by atoms with E-state index in [1.54, 1.807) is 6.07 Å². The van der Waals surface area contributed by atoms with Gasteiger partial charge in [0.05, 0.1) is 5.56 Å². The Morgan fingerprint density at radius 1 is 1.39 bits per heavy atom. The summed E-state index contributed by atoms with van der Waals surface area (Å²) in [5, 5.41) is 0. The molecule has 0 aliphatic carbocycles. The lowest BCUT2D eigenvalue weighted by molar-refractivity contribution is -0.0331. The SMILES string of the molecule is Nc1cc(Br)cc(C(=O)OCCSC(F)(F)F)c1. The zero-order chi connectivity index (χ0) is 13.8. The van der Waals surface area contributed by atoms with Crippen molar-refractivity contribution in [3.8, 4) is 0 Å². The lowest BCUT2D eigenvalue weighted by Crippen LogP contribution is -2.11. The Bertz CT molecular complexity index is 419. The third kappa shape index (κ3) is 5.63. The Kier molecular flexibility index (Phi) is 5.33. The molecular weight excluding hydrogens is 335 g/mol. The molecule has 0 heterocycles. The fourth-order valence-corrected chi connectivity index (χ4v) is 2.01. The van der Waals surface area contributed by atoms with Gasteiger partial charge in [0.25, 0.3) is 0 Å². The molecule has 0 aliphatic heterocycles. The summed E-state index contributed by atoms with van der Waals surface area (Å²) >= 11 is 2.91. The zero-order valence-corrected chi connectivity index (χ0v) is 11.4. The van der Waals surface area contributed by atoms with E-state index in [4.69, 9.17) is 10.5 Å². The average Bonchev–Trinajstić information content (AvgIpc) is 2.21. The van der Waals surface area contributed by atoms with Crippen LogP contribution in [0.25, 0.3) is 0 Å². The van der Waals surface area contributed by atoms with Gasteiger partial charge in [0.2, 0.25) is 0 Å². The molecule has 0 saturated heterocycles. The summed E-state index contributed by atoms with van der Waals surface area (Å²) in [7, 11) is 0. The molecule has 0 fully saturated rings. The molecule has 18 heavy (non-hydrogen) atoms. The van der Waals surface area contributed by atoms with Crippen LogP contribution in [-0.4, -0.2) is 23.8 Å². The van der Waals surface area contributed by atoms with Crippen LogP contribution >= 0.6 is 27.7 Å². The van der Waals surface area contributed by atoms with Crippen molar-refractivity contribution >= 4 is 39.3 Å². The molecule has 0 aromatic heterocycles. The highest BCUT2D eigenvalue weighted by molar-refractivity contribution is 9.10. The Labute approximate surface area is 114 Å². The normalized spacial score (nSPS) is 11.3. The van der Waals surface area contributed by atoms with Crippen LogP contribution in [0.3, 0.4) is 0 Å². The number of nitrogens with two attached hydrogens (primary N) is 1. The van der Waals surface area contributed by atoms with Crippen LogP contribution in [0.5, 0.6) is 0 Å². The van der Waals surface area contributed by atoms with E-state index >= 15 is 0 Å². The maximum Gasteiger partial charge on any atom is 0.441 e. The Morgan fingerprint density at radius 3 is 2.61 bits per heavy atom. The van der Waals surface area contributed by atoms with Crippen LogP contribution in [0.2, 0.25) is 0 Å². The molecule has 1 aromatic rings. The number of hydrogen-bond donors (Lipinski definition) is 1. The van der Waals surface area contributed by atoms with E-state index in [1.807, 2.05) is 0 Å². The van der Waals surface area contributed by atoms with E-state index in [0.29, 0.717) is 10.2 Å². The second-order valence-corrected chi connectivity index (χ2v) is 5.28. The average molecular weight is 344 g/mol. The van der Waals surface area contributed by atoms with Crippen molar-refractivity contribution in [2.75, 3.05) is 18.1 Å². The molecule has 3 nitrogen and oxygen atoms in total. The number of esters is 1. The second kappa shape index (κ2) is 6.33. The van der Waals surface area contributed by atoms with Gasteiger partial charge in [-0.1, -0.05) is 15.9 Å². The van der Waals surface area contributed by atoms with Crippen LogP contribution in [0.15, 0.2) is 22.7 Å². The first kappa shape index (κ1) is 15.2. The van der Waals surface area contributed by atoms with Gasteiger partial charge in [-0.2, -0.15) is 13.2 Å². The molecule has 0 radical (unpaired) electrons. The number of benzene rings is 1. The predicted octanol–water partition coefficient (Wildman–Crippen LogP) is 3.44. The predicted molar refractivity (Wildman–Crippen MR) is 67.3 cm³/mol. The molecular formula is C10H9BrF3NO2S. The maximum atomic E-state index is 11.8. The molecule has 0 spiro atoms. The van der Waals surface area contributed by atoms with Gasteiger partial charge < -0.3 is 10.5 Å². The van der Waals surface area contributed by atoms with Crippen molar-refractivity contribution < 1.29 is 22.7 Å². The minimum atomic E-state index is -4.31. The summed E-state index contributed by atoms with van der Waals surface area (Å²) in [4.78, 5) is 11.5. The number of carbonyl (C=O) groups is 1. The molecule has 0 amide bonds. The van der Waals surface area contributed by atoms with Gasteiger partial charge in [0.15, 0.2) is 0 Å². The van der Waals surface area contributed by atoms with Crippen LogP contribution in [0, 0.1) is 0 Å². The molecule has 0 unspecified atom stereocenters. The van der Waals surface area contributed by atoms with E-state index in [-0.39, 0.29) is 29.7 Å². The highest BCUT2D eigenvalue weighted by Gasteiger charge is 2.27. The van der Waals surface area contributed by atoms with Gasteiger partial charge in [-0.25, -0.2) is 4.79 Å². The number of halogens is 4. The molecule has 0 bridgehead atoms. The number of nitrogen functional groups attached to an aromatic ring is 1. The van der Waals surface area contributed by atoms with E-state index in [9.17, 15) is 18.0 Å². The van der Waals surface area contributed by atoms with Gasteiger partial charge in [-0.15, -0.1) is 0 Å². The Balaban J connectivity index is 2.46. The van der Waals surface area contributed by atoms with Crippen molar-refractivity contribution in [2.45, 2.75) is 5.51 Å². The molecule has 100 valence electrons. The topological polar surface area (TPSA) is 52.3 Å². The Hall–Kier alpha value is -0.890. The van der Waals surface area contributed by atoms with Crippen molar-refractivity contribution in [3.05, 3.63) is 28.2 Å². The monoisotopic (exact) mass is 343 g/mol. The van der Waals surface area contributed by atoms with Crippen LogP contribution in [0.1, 0.15) is 10.4 Å². The quantitative estimate of drug-likeness (QED) is 0.517. The molecule has 0 saturated carbocycles. The number of thioether (sulfide) groups is 1. The third-order valence-corrected chi connectivity index (χ3v) is 2.89. The minimum absolute atomic E-state index is 0.193. The number of carbonyl (C=O) groups excluding carboxylic acids is 1. The van der Waals surface area contributed by atoms with E-state index in [0.717, 1.165) is 0 Å². The van der Waals surface area contributed by atoms with E-state index in [1.165, 1.54) is 12.1 Å². The first-order valence-electron chi connectivity index (χ1n) is 4.72. The number of rotatable bonds is 4. The minimum Gasteiger partial charge on any atom is -0.461 e. The summed E-state index contributed by atoms with van der Waals surface area (Å²) in [5.74, 6) is -1.04. The molecule has 0 atom stereocenters. The number of alkyl halides is 3. The lowest BCUT2D eigenvalue weighted by atomic mass is 10.2. The summed E-state index contributed by atoms with van der Waals surface area (Å²) in [6.45, 7) is -0.310. The van der Waals surface area contributed by atoms with Gasteiger partial charge >= 0.3 is 11.5 Å². The van der Waals surface area contributed by atoms with Crippen molar-refractivity contribution in [3.63, 3.8) is 0 Å². The zero-order valence-electron chi connectivity index (χ0n) is 8.96. The van der Waals surface area contributed by atoms with Crippen LogP contribution < -0.4 is 5.73 Å². The highest BCUT2D eigenvalue weighted by atomic mass is 79.9. The summed E-state index contributed by atoms with van der Waals surface area (Å²) in [5.41, 5.74) is 1.76. The first-order chi connectivity index (χ1) is 8.28. The van der Waals surface area contributed by atoms with Gasteiger partial charge in [-0.05, 0) is 30.0 Å². The summed E-state index contributed by atoms with van der Waals surface area (Å²) < 4.78 is 40.7. The molecule has 1 aromatic carbocycles. The van der Waals surface area contributed by atoms with Gasteiger partial charge in [-0.3, -0.25) is 0 Å². The van der Waals surface area contributed by atoms with Gasteiger partial charge in [0, 0.05) is 15.9 Å². The number of ether oxygens (including phenoxy) is 1. The van der Waals surface area contributed by atoms with Crippen molar-refractivity contribution in [1.29, 1.82) is 0 Å². The van der Waals surface area contributed by atoms with E-state index < -0.39 is 11.5 Å². The first-order valence-corrected chi connectivity index (χ1v) is 6.49. The molecule has 1 rings (SSSR count). The second-order valence-electron chi connectivity index (χ2n) is 3.20. The largest absolute Gasteiger partial charge is 0.461 e. The molecule has 2 N–H and O–H groups in total. The van der Waals surface area contributed by atoms with Crippen LogP contribution in [0.4, 0.5) is 18.9 Å². The summed E-state index contributed by atoms with van der Waals surface area (Å²) in [6, 6.07) is 4.47. The molecule has 8 heteroatoms. The van der Waals surface area contributed by atoms with Crippen LogP contribution in [-0.2, 0) is 4.74 Å². The maximum absolute atomic E-state index is 11.8. The standard InChI is InChI=1S/C10H9BrF3NO2S/c11-7-3-6(4-8(15)5-7)9(16)17-1-2-18-10(12,13)14/h3-5H,1-2,15H2. The summed E-state index contributed by atoms with van der Waals surface area (Å²) in [6.07, 6.45) is 0. The van der Waals surface area contributed by atoms with E-state index in [2.05, 4.69) is 15.9 Å². The van der Waals surface area contributed by atoms with Crippen molar-refractivity contribution in [2.24, 2.45) is 0 Å². The Morgan fingerprint density at radius 2 is 2.06 bits per heavy atom. The molecule has 0 aliphatic rings. The highest BCUT2D eigenvalue weighted by Crippen LogP contribution is 2.29. The number of anilines is 1. The fourth-order valence-electron chi connectivity index (χ4n) is 1.11. The van der Waals surface area contributed by atoms with Crippen molar-refractivity contribution in [1.82, 2.24) is 0 Å². The van der Waals surface area contributed by atoms with Gasteiger partial charge in [0.1, 0.15) is 6.61 Å². The third-order valence-electron chi connectivity index (χ3n) is 1.74. The number of hydrogen-bond acceptors (Lipinski definition) is 4. The lowest BCUT2D eigenvalue weighted by Gasteiger charge is -2.07. The fraction of sp³-hybridized carbons (Fsp3) is 0.300.